The number of azo groups is 1. The second-order valence-corrected chi connectivity index (χ2v) is 9.58. The van der Waals surface area contributed by atoms with Gasteiger partial charge in [-0.3, -0.25) is 0 Å². The van der Waals surface area contributed by atoms with Crippen molar-refractivity contribution < 1.29 is 21.9 Å². The van der Waals surface area contributed by atoms with Gasteiger partial charge in [0.25, 0.3) is 0 Å². The zero-order chi connectivity index (χ0) is 22.8. The van der Waals surface area contributed by atoms with Crippen LogP contribution >= 0.6 is 0 Å². The maximum atomic E-state index is 13.0. The molecular formula is C16H20N8O5S2. The highest BCUT2D eigenvalue weighted by atomic mass is 32.2. The highest BCUT2D eigenvalue weighted by molar-refractivity contribution is 7.92. The maximum absolute atomic E-state index is 13.0. The molecule has 0 spiro atoms. The van der Waals surface area contributed by atoms with Crippen LogP contribution < -0.4 is 21.3 Å². The first-order valence-electron chi connectivity index (χ1n) is 8.76. The third kappa shape index (κ3) is 4.60. The summed E-state index contributed by atoms with van der Waals surface area (Å²) in [4.78, 5) is 6.62. The SMILES string of the molecule is NC[C@H](CO)NS(=O)(=O)c1ccc(-c2cccnc2N)c(C2=NCN=N2)c1S(N)(=O)=O. The first-order valence-corrected chi connectivity index (χ1v) is 11.8. The summed E-state index contributed by atoms with van der Waals surface area (Å²) in [6.07, 6.45) is 1.44. The summed E-state index contributed by atoms with van der Waals surface area (Å²) in [7, 11) is -9.12. The van der Waals surface area contributed by atoms with Crippen molar-refractivity contribution in [1.29, 1.82) is 0 Å². The maximum Gasteiger partial charge on any atom is 0.242 e. The summed E-state index contributed by atoms with van der Waals surface area (Å²) < 4.78 is 53.3. The largest absolute Gasteiger partial charge is 0.395 e. The molecular weight excluding hydrogens is 448 g/mol. The molecule has 8 N–H and O–H groups in total. The fourth-order valence-electron chi connectivity index (χ4n) is 2.95. The van der Waals surface area contributed by atoms with Crippen LogP contribution in [0.3, 0.4) is 0 Å². The Morgan fingerprint density at radius 1 is 1.16 bits per heavy atom. The van der Waals surface area contributed by atoms with Gasteiger partial charge in [-0.15, -0.1) is 5.11 Å². The van der Waals surface area contributed by atoms with Gasteiger partial charge in [-0.05, 0) is 23.8 Å². The molecule has 1 atom stereocenters. The van der Waals surface area contributed by atoms with Crippen molar-refractivity contribution in [3.05, 3.63) is 36.0 Å². The molecule has 1 aliphatic rings. The van der Waals surface area contributed by atoms with Gasteiger partial charge < -0.3 is 16.6 Å². The summed E-state index contributed by atoms with van der Waals surface area (Å²) in [5.74, 6) is -0.0614. The Hall–Kier alpha value is -2.82. The van der Waals surface area contributed by atoms with E-state index in [-0.39, 0.29) is 36.0 Å². The molecule has 0 saturated heterocycles. The van der Waals surface area contributed by atoms with Gasteiger partial charge in [-0.25, -0.2) is 36.7 Å². The Morgan fingerprint density at radius 3 is 2.45 bits per heavy atom. The zero-order valence-electron chi connectivity index (χ0n) is 16.0. The number of rotatable bonds is 8. The molecule has 0 radical (unpaired) electrons. The van der Waals surface area contributed by atoms with Crippen molar-refractivity contribution >= 4 is 31.7 Å². The van der Waals surface area contributed by atoms with E-state index in [2.05, 4.69) is 24.9 Å². The summed E-state index contributed by atoms with van der Waals surface area (Å²) in [6.45, 7) is -0.895. The molecule has 0 fully saturated rings. The molecule has 3 rings (SSSR count). The third-order valence-corrected chi connectivity index (χ3v) is 7.01. The molecule has 166 valence electrons. The van der Waals surface area contributed by atoms with Crippen molar-refractivity contribution in [3.8, 4) is 11.1 Å². The number of sulfonamides is 2. The van der Waals surface area contributed by atoms with E-state index in [9.17, 15) is 21.9 Å². The number of primary sulfonamides is 1. The Labute approximate surface area is 178 Å². The van der Waals surface area contributed by atoms with Crippen molar-refractivity contribution in [2.45, 2.75) is 15.8 Å². The minimum absolute atomic E-state index is 0.0665. The van der Waals surface area contributed by atoms with Gasteiger partial charge in [0.15, 0.2) is 12.5 Å². The minimum Gasteiger partial charge on any atom is -0.395 e. The number of nitrogens with one attached hydrogen (secondary N) is 1. The Balaban J connectivity index is 2.40. The van der Waals surface area contributed by atoms with E-state index in [0.29, 0.717) is 5.56 Å². The number of anilines is 1. The molecule has 1 aromatic carbocycles. The van der Waals surface area contributed by atoms with E-state index in [4.69, 9.17) is 16.6 Å². The minimum atomic E-state index is -4.63. The number of nitrogen functional groups attached to an aromatic ring is 1. The lowest BCUT2D eigenvalue weighted by molar-refractivity contribution is 0.259. The van der Waals surface area contributed by atoms with Gasteiger partial charge >= 0.3 is 0 Å². The Morgan fingerprint density at radius 2 is 1.90 bits per heavy atom. The molecule has 0 saturated carbocycles. The van der Waals surface area contributed by atoms with Gasteiger partial charge in [0.2, 0.25) is 20.0 Å². The van der Waals surface area contributed by atoms with Crippen molar-refractivity contribution in [2.24, 2.45) is 26.1 Å². The predicted octanol–water partition coefficient (Wildman–Crippen LogP) is -1.25. The molecule has 2 heterocycles. The number of aromatic nitrogens is 1. The van der Waals surface area contributed by atoms with Crippen LogP contribution in [-0.2, 0) is 20.0 Å². The second-order valence-electron chi connectivity index (χ2n) is 6.40. The van der Waals surface area contributed by atoms with Gasteiger partial charge in [0.05, 0.1) is 18.2 Å². The number of amidine groups is 1. The molecule has 1 aliphatic heterocycles. The first kappa shape index (κ1) is 22.9. The normalized spacial score (nSPS) is 15.1. The van der Waals surface area contributed by atoms with E-state index < -0.39 is 42.5 Å². The summed E-state index contributed by atoms with van der Waals surface area (Å²) in [5, 5.41) is 22.3. The van der Waals surface area contributed by atoms with E-state index in [1.807, 2.05) is 0 Å². The van der Waals surface area contributed by atoms with Gasteiger partial charge in [-0.1, -0.05) is 6.07 Å². The highest BCUT2D eigenvalue weighted by Gasteiger charge is 2.33. The number of aliphatic hydroxyl groups excluding tert-OH is 1. The highest BCUT2D eigenvalue weighted by Crippen LogP contribution is 2.36. The number of pyridine rings is 1. The van der Waals surface area contributed by atoms with Crippen molar-refractivity contribution in [2.75, 3.05) is 25.6 Å². The topological polar surface area (TPSA) is 229 Å². The number of nitrogens with two attached hydrogens (primary N) is 3. The number of benzene rings is 1. The Kier molecular flexibility index (Phi) is 6.44. The smallest absolute Gasteiger partial charge is 0.242 e. The van der Waals surface area contributed by atoms with E-state index in [1.54, 1.807) is 12.1 Å². The summed E-state index contributed by atoms with van der Waals surface area (Å²) in [6, 6.07) is 4.51. The number of nitrogens with zero attached hydrogens (tertiary/aromatic N) is 4. The summed E-state index contributed by atoms with van der Waals surface area (Å²) >= 11 is 0. The first-order chi connectivity index (χ1) is 14.6. The number of aliphatic imine (C=N–C) groups is 1. The quantitative estimate of drug-likeness (QED) is 0.313. The lowest BCUT2D eigenvalue weighted by atomic mass is 9.99. The van der Waals surface area contributed by atoms with E-state index in [0.717, 1.165) is 6.07 Å². The second kappa shape index (κ2) is 8.74. The van der Waals surface area contributed by atoms with Crippen LogP contribution in [0.4, 0.5) is 5.82 Å². The van der Waals surface area contributed by atoms with Crippen LogP contribution in [0, 0.1) is 0 Å². The van der Waals surface area contributed by atoms with Crippen LogP contribution in [0.1, 0.15) is 5.56 Å². The number of aliphatic hydroxyl groups is 1. The number of hydrogen-bond donors (Lipinski definition) is 5. The van der Waals surface area contributed by atoms with Crippen LogP contribution in [0.15, 0.2) is 55.5 Å². The van der Waals surface area contributed by atoms with Crippen LogP contribution in [0.2, 0.25) is 0 Å². The molecule has 2 aromatic rings. The molecule has 15 heteroatoms. The Bertz CT molecular complexity index is 1270. The van der Waals surface area contributed by atoms with Gasteiger partial charge in [0, 0.05) is 18.3 Å². The molecule has 0 bridgehead atoms. The predicted molar refractivity (Wildman–Crippen MR) is 112 cm³/mol. The van der Waals surface area contributed by atoms with E-state index >= 15 is 0 Å². The third-order valence-electron chi connectivity index (χ3n) is 4.32. The average Bonchev–Trinajstić information content (AvgIpc) is 3.25. The fraction of sp³-hybridized carbons (Fsp3) is 0.250. The average molecular weight is 469 g/mol. The molecule has 31 heavy (non-hydrogen) atoms. The van der Waals surface area contributed by atoms with Crippen LogP contribution in [-0.4, -0.2) is 58.6 Å². The zero-order valence-corrected chi connectivity index (χ0v) is 17.6. The van der Waals surface area contributed by atoms with Gasteiger partial charge in [0.1, 0.15) is 15.6 Å². The standard InChI is InChI=1S/C16H20N8O5S2/c17-6-9(7-25)24-31(28,29)12-4-3-10(11-2-1-5-20-15(11)18)13(14(12)30(19,26)27)16-21-8-22-23-16/h1-5,9,24-25H,6-8,17H2,(H2,18,20)(H2,19,26,27)/t9-/m1/s1. The summed E-state index contributed by atoms with van der Waals surface area (Å²) in [5.41, 5.74) is 11.7. The van der Waals surface area contributed by atoms with Crippen LogP contribution in [0.25, 0.3) is 11.1 Å². The van der Waals surface area contributed by atoms with Crippen LogP contribution in [0.5, 0.6) is 0 Å². The molecule has 1 aromatic heterocycles. The van der Waals surface area contributed by atoms with Gasteiger partial charge in [-0.2, -0.15) is 5.11 Å². The molecule has 0 unspecified atom stereocenters. The lowest BCUT2D eigenvalue weighted by Gasteiger charge is -2.19. The monoisotopic (exact) mass is 468 g/mol. The lowest BCUT2D eigenvalue weighted by Crippen LogP contribution is -2.43. The number of hydrogen-bond acceptors (Lipinski definition) is 11. The fourth-order valence-corrected chi connectivity index (χ4v) is 5.79. The molecule has 0 aliphatic carbocycles. The molecule has 0 amide bonds. The molecule has 13 nitrogen and oxygen atoms in total. The van der Waals surface area contributed by atoms with E-state index in [1.165, 1.54) is 12.3 Å². The van der Waals surface area contributed by atoms with Crippen molar-refractivity contribution in [1.82, 2.24) is 9.71 Å². The van der Waals surface area contributed by atoms with Crippen molar-refractivity contribution in [3.63, 3.8) is 0 Å².